The molecule has 3 nitrogen and oxygen atoms in total. The second-order valence-electron chi connectivity index (χ2n) is 4.46. The van der Waals surface area contributed by atoms with Crippen molar-refractivity contribution in [2.45, 2.75) is 13.0 Å². The summed E-state index contributed by atoms with van der Waals surface area (Å²) in [6.45, 7) is 4.54. The van der Waals surface area contributed by atoms with Crippen LogP contribution < -0.4 is 5.32 Å². The van der Waals surface area contributed by atoms with Gasteiger partial charge in [0.05, 0.1) is 6.61 Å². The Balaban J connectivity index is 2.10. The second-order valence-corrected chi connectivity index (χ2v) is 4.46. The Labute approximate surface area is 109 Å². The molecular formula is C14H23FN2O. The number of rotatable bonds is 9. The van der Waals surface area contributed by atoms with Crippen LogP contribution in [0.15, 0.2) is 24.3 Å². The van der Waals surface area contributed by atoms with Crippen LogP contribution in [0.4, 0.5) is 4.39 Å². The van der Waals surface area contributed by atoms with Gasteiger partial charge < -0.3 is 15.0 Å². The lowest BCUT2D eigenvalue weighted by Crippen LogP contribution is -2.25. The smallest absolute Gasteiger partial charge is 0.123 e. The van der Waals surface area contributed by atoms with E-state index in [0.29, 0.717) is 0 Å². The van der Waals surface area contributed by atoms with Crippen LogP contribution in [0, 0.1) is 5.82 Å². The summed E-state index contributed by atoms with van der Waals surface area (Å²) in [5, 5.41) is 3.31. The SMILES string of the molecule is COCCNCCCN(C)Cc1ccc(F)cc1. The first-order chi connectivity index (χ1) is 8.72. The molecule has 1 N–H and O–H groups in total. The predicted octanol–water partition coefficient (Wildman–Crippen LogP) is 1.88. The molecule has 0 heterocycles. The summed E-state index contributed by atoms with van der Waals surface area (Å²) in [7, 11) is 3.79. The van der Waals surface area contributed by atoms with E-state index in [-0.39, 0.29) is 5.82 Å². The Morgan fingerprint density at radius 2 is 1.94 bits per heavy atom. The average Bonchev–Trinajstić information content (AvgIpc) is 2.36. The summed E-state index contributed by atoms with van der Waals surface area (Å²) in [5.74, 6) is -0.177. The summed E-state index contributed by atoms with van der Waals surface area (Å²) >= 11 is 0. The first kappa shape index (κ1) is 15.1. The van der Waals surface area contributed by atoms with Gasteiger partial charge in [-0.25, -0.2) is 4.39 Å². The molecule has 1 aromatic rings. The molecule has 0 saturated carbocycles. The van der Waals surface area contributed by atoms with Crippen LogP contribution in [-0.4, -0.2) is 45.3 Å². The molecule has 1 aromatic carbocycles. The molecule has 0 aliphatic heterocycles. The first-order valence-corrected chi connectivity index (χ1v) is 6.35. The van der Waals surface area contributed by atoms with E-state index in [1.807, 2.05) is 12.1 Å². The number of nitrogens with zero attached hydrogens (tertiary/aromatic N) is 1. The lowest BCUT2D eigenvalue weighted by molar-refractivity contribution is 0.198. The summed E-state index contributed by atoms with van der Waals surface area (Å²) in [4.78, 5) is 2.24. The standard InChI is InChI=1S/C14H23FN2O/c1-17(10-3-8-16-9-11-18-2)12-13-4-6-14(15)7-5-13/h4-7,16H,3,8-12H2,1-2H3. The lowest BCUT2D eigenvalue weighted by atomic mass is 10.2. The molecule has 4 heteroatoms. The molecule has 1 rings (SSSR count). The lowest BCUT2D eigenvalue weighted by Gasteiger charge is -2.16. The zero-order valence-electron chi connectivity index (χ0n) is 11.3. The van der Waals surface area contributed by atoms with Crippen LogP contribution in [0.3, 0.4) is 0 Å². The van der Waals surface area contributed by atoms with Gasteiger partial charge in [-0.2, -0.15) is 0 Å². The van der Waals surface area contributed by atoms with Crippen molar-refractivity contribution >= 4 is 0 Å². The van der Waals surface area contributed by atoms with Crippen LogP contribution in [-0.2, 0) is 11.3 Å². The van der Waals surface area contributed by atoms with Crippen molar-refractivity contribution in [2.24, 2.45) is 0 Å². The van der Waals surface area contributed by atoms with Gasteiger partial charge in [0.2, 0.25) is 0 Å². The summed E-state index contributed by atoms with van der Waals surface area (Å²) in [6.07, 6.45) is 1.10. The molecule has 0 aromatic heterocycles. The van der Waals surface area contributed by atoms with Crippen LogP contribution in [0.1, 0.15) is 12.0 Å². The molecule has 0 amide bonds. The zero-order chi connectivity index (χ0) is 13.2. The van der Waals surface area contributed by atoms with Crippen molar-refractivity contribution in [3.05, 3.63) is 35.6 Å². The third-order valence-electron chi connectivity index (χ3n) is 2.74. The molecule has 0 saturated heterocycles. The van der Waals surface area contributed by atoms with Crippen molar-refractivity contribution in [3.63, 3.8) is 0 Å². The van der Waals surface area contributed by atoms with Gasteiger partial charge >= 0.3 is 0 Å². The van der Waals surface area contributed by atoms with Crippen LogP contribution in [0.2, 0.25) is 0 Å². The van der Waals surface area contributed by atoms with E-state index < -0.39 is 0 Å². The molecule has 0 spiro atoms. The van der Waals surface area contributed by atoms with Gasteiger partial charge in [0.1, 0.15) is 5.82 Å². The first-order valence-electron chi connectivity index (χ1n) is 6.35. The van der Waals surface area contributed by atoms with Gasteiger partial charge in [-0.3, -0.25) is 0 Å². The fourth-order valence-corrected chi connectivity index (χ4v) is 1.75. The molecule has 0 radical (unpaired) electrons. The van der Waals surface area contributed by atoms with Gasteiger partial charge in [-0.1, -0.05) is 12.1 Å². The van der Waals surface area contributed by atoms with E-state index >= 15 is 0 Å². The number of hydrogen-bond donors (Lipinski definition) is 1. The minimum absolute atomic E-state index is 0.177. The van der Waals surface area contributed by atoms with E-state index in [1.54, 1.807) is 7.11 Å². The van der Waals surface area contributed by atoms with Crippen LogP contribution >= 0.6 is 0 Å². The van der Waals surface area contributed by atoms with Gasteiger partial charge in [0, 0.05) is 20.2 Å². The molecule has 0 bridgehead atoms. The highest BCUT2D eigenvalue weighted by Gasteiger charge is 2.00. The van der Waals surface area contributed by atoms with Gasteiger partial charge in [-0.05, 0) is 44.3 Å². The highest BCUT2D eigenvalue weighted by molar-refractivity contribution is 5.15. The summed E-state index contributed by atoms with van der Waals surface area (Å²) < 4.78 is 17.7. The Bertz CT molecular complexity index is 316. The maximum absolute atomic E-state index is 12.7. The highest BCUT2D eigenvalue weighted by Crippen LogP contribution is 2.05. The van der Waals surface area contributed by atoms with E-state index in [9.17, 15) is 4.39 Å². The van der Waals surface area contributed by atoms with Crippen LogP contribution in [0.25, 0.3) is 0 Å². The zero-order valence-corrected chi connectivity index (χ0v) is 11.3. The second kappa shape index (κ2) is 9.03. The fourth-order valence-electron chi connectivity index (χ4n) is 1.75. The third-order valence-corrected chi connectivity index (χ3v) is 2.74. The van der Waals surface area contributed by atoms with Crippen molar-refractivity contribution in [1.82, 2.24) is 10.2 Å². The number of nitrogens with one attached hydrogen (secondary N) is 1. The normalized spacial score (nSPS) is 11.1. The van der Waals surface area contributed by atoms with Gasteiger partial charge in [0.25, 0.3) is 0 Å². The van der Waals surface area contributed by atoms with E-state index in [2.05, 4.69) is 17.3 Å². The molecule has 102 valence electrons. The number of halogens is 1. The van der Waals surface area contributed by atoms with Crippen molar-refractivity contribution in [2.75, 3.05) is 40.4 Å². The quantitative estimate of drug-likeness (QED) is 0.681. The number of benzene rings is 1. The summed E-state index contributed by atoms with van der Waals surface area (Å²) in [6, 6.07) is 6.69. The maximum atomic E-state index is 12.7. The molecule has 0 aliphatic carbocycles. The predicted molar refractivity (Wildman–Crippen MR) is 72.1 cm³/mol. The minimum Gasteiger partial charge on any atom is -0.383 e. The van der Waals surface area contributed by atoms with E-state index in [4.69, 9.17) is 4.74 Å². The van der Waals surface area contributed by atoms with Crippen molar-refractivity contribution < 1.29 is 9.13 Å². The fraction of sp³-hybridized carbons (Fsp3) is 0.571. The third kappa shape index (κ3) is 6.69. The summed E-state index contributed by atoms with van der Waals surface area (Å²) in [5.41, 5.74) is 1.14. The largest absolute Gasteiger partial charge is 0.383 e. The van der Waals surface area contributed by atoms with E-state index in [0.717, 1.165) is 44.8 Å². The molecule has 18 heavy (non-hydrogen) atoms. The molecular weight excluding hydrogens is 231 g/mol. The van der Waals surface area contributed by atoms with Crippen molar-refractivity contribution in [1.29, 1.82) is 0 Å². The van der Waals surface area contributed by atoms with Crippen molar-refractivity contribution in [3.8, 4) is 0 Å². The number of ether oxygens (including phenoxy) is 1. The number of hydrogen-bond acceptors (Lipinski definition) is 3. The monoisotopic (exact) mass is 254 g/mol. The minimum atomic E-state index is -0.177. The molecule has 0 atom stereocenters. The molecule has 0 fully saturated rings. The Hall–Kier alpha value is -0.970. The Morgan fingerprint density at radius 3 is 2.61 bits per heavy atom. The topological polar surface area (TPSA) is 24.5 Å². The average molecular weight is 254 g/mol. The highest BCUT2D eigenvalue weighted by atomic mass is 19.1. The number of methoxy groups -OCH3 is 1. The van der Waals surface area contributed by atoms with E-state index in [1.165, 1.54) is 12.1 Å². The van der Waals surface area contributed by atoms with Gasteiger partial charge in [0.15, 0.2) is 0 Å². The molecule has 0 aliphatic rings. The van der Waals surface area contributed by atoms with Gasteiger partial charge in [-0.15, -0.1) is 0 Å². The molecule has 0 unspecified atom stereocenters. The Morgan fingerprint density at radius 1 is 1.22 bits per heavy atom. The Kier molecular flexibility index (Phi) is 7.57. The maximum Gasteiger partial charge on any atom is 0.123 e. The van der Waals surface area contributed by atoms with Crippen LogP contribution in [0.5, 0.6) is 0 Å².